The predicted octanol–water partition coefficient (Wildman–Crippen LogP) is 19.5. The molecule has 2 fully saturated rings. The minimum absolute atomic E-state index is 0.0547. The molecule has 111 heavy (non-hydrogen) atoms. The van der Waals surface area contributed by atoms with Crippen molar-refractivity contribution in [3.05, 3.63) is 299 Å². The number of halogens is 4. The van der Waals surface area contributed by atoms with Gasteiger partial charge in [0.1, 0.15) is 57.5 Å². The predicted molar refractivity (Wildman–Crippen MR) is 434 cm³/mol. The first-order valence-corrected chi connectivity index (χ1v) is 37.5. The van der Waals surface area contributed by atoms with Crippen molar-refractivity contribution >= 4 is 90.5 Å². The Kier molecular flexibility index (Phi) is 20.3. The van der Waals surface area contributed by atoms with Crippen LogP contribution in [0.2, 0.25) is 20.1 Å². The standard InChI is InChI=1S/C22H17ClN6.C22H19ClN4O.C21H14ClN5O.C21H17ClN4/c1-28-13-15(12-24-28)14-29-22-18(20(27-29)16-8-4-2-5-9-16)19(23)21(25-26-22)17-10-6-3-7-11-17;1-22(13-28-14-22)12-27-21-17(19(26-27)15-8-4-2-5-9-15)18(23)20(24-25-21)16-10-6-3-7-11-16;22-18-17-19(14-7-3-1-4-8-14)26-27(11-16-12-28-13-23-16)21(17)25-24-20(18)15-9-5-2-6-10-15;22-18-17-19(15-7-3-1-4-8-15)25-26(13-14-11-12-14)21(17)24-23-20(18)16-9-5-2-6-10-16/h2-13H,14H2,1H3;2-11H,12-14H2,1H3;1-10,12-13H,11H2;1-10,14H,11-13H2. The highest BCUT2D eigenvalue weighted by atomic mass is 35.5. The van der Waals surface area contributed by atoms with Gasteiger partial charge in [0.2, 0.25) is 0 Å². The van der Waals surface area contributed by atoms with Crippen LogP contribution in [0.15, 0.2) is 272 Å². The third-order valence-corrected chi connectivity index (χ3v) is 20.7. The lowest BCUT2D eigenvalue weighted by atomic mass is 9.89. The van der Waals surface area contributed by atoms with E-state index in [4.69, 9.17) is 76.0 Å². The summed E-state index contributed by atoms with van der Waals surface area (Å²) in [6, 6.07) is 79.6. The van der Waals surface area contributed by atoms with Crippen molar-refractivity contribution in [1.29, 1.82) is 0 Å². The van der Waals surface area contributed by atoms with E-state index in [1.807, 2.05) is 264 Å². The Morgan fingerprint density at radius 1 is 0.378 bits per heavy atom. The summed E-state index contributed by atoms with van der Waals surface area (Å²) < 4.78 is 19.7. The number of fused-ring (bicyclic) bond motifs is 4. The van der Waals surface area contributed by atoms with E-state index >= 15 is 0 Å². The summed E-state index contributed by atoms with van der Waals surface area (Å²) >= 11 is 27.4. The van der Waals surface area contributed by atoms with Crippen LogP contribution in [-0.4, -0.2) is 108 Å². The van der Waals surface area contributed by atoms with E-state index in [-0.39, 0.29) is 5.41 Å². The van der Waals surface area contributed by atoms with Gasteiger partial charge in [-0.25, -0.2) is 23.7 Å². The lowest BCUT2D eigenvalue weighted by Gasteiger charge is -2.37. The Bertz CT molecular complexity index is 6270. The fourth-order valence-corrected chi connectivity index (χ4v) is 14.8. The molecule has 0 N–H and O–H groups in total. The van der Waals surface area contributed by atoms with E-state index in [1.54, 1.807) is 15.6 Å². The molecule has 8 aromatic carbocycles. The smallest absolute Gasteiger partial charge is 0.182 e. The van der Waals surface area contributed by atoms with Crippen molar-refractivity contribution < 1.29 is 9.15 Å². The van der Waals surface area contributed by atoms with E-state index < -0.39 is 0 Å². The van der Waals surface area contributed by atoms with Gasteiger partial charge in [0.15, 0.2) is 29.0 Å². The highest BCUT2D eigenvalue weighted by Gasteiger charge is 2.36. The second kappa shape index (κ2) is 31.6. The van der Waals surface area contributed by atoms with Gasteiger partial charge in [-0.2, -0.15) is 25.5 Å². The van der Waals surface area contributed by atoms with Gasteiger partial charge in [0, 0.05) is 75.3 Å². The van der Waals surface area contributed by atoms with Gasteiger partial charge in [0.25, 0.3) is 0 Å². The zero-order valence-corrected chi connectivity index (χ0v) is 63.0. The maximum Gasteiger partial charge on any atom is 0.182 e. The molecule has 11 heterocycles. The van der Waals surface area contributed by atoms with Gasteiger partial charge in [0.05, 0.1) is 80.7 Å². The fourth-order valence-electron chi connectivity index (χ4n) is 13.5. The first kappa shape index (κ1) is 71.4. The average Bonchev–Trinajstić information content (AvgIpc) is 1.66. The zero-order chi connectivity index (χ0) is 75.4. The van der Waals surface area contributed by atoms with Crippen molar-refractivity contribution in [3.63, 3.8) is 0 Å². The molecule has 0 atom stereocenters. The molecule has 18 aromatic rings. The largest absolute Gasteiger partial charge is 0.451 e. The van der Waals surface area contributed by atoms with Crippen LogP contribution in [0.3, 0.4) is 0 Å². The normalized spacial score (nSPS) is 13.0. The molecule has 25 heteroatoms. The highest BCUT2D eigenvalue weighted by molar-refractivity contribution is 6.40. The Morgan fingerprint density at radius 3 is 0.982 bits per heavy atom. The second-order valence-corrected chi connectivity index (χ2v) is 29.0. The number of ether oxygens (including phenoxy) is 1. The molecule has 0 unspecified atom stereocenters. The van der Waals surface area contributed by atoms with Gasteiger partial charge in [-0.3, -0.25) is 4.68 Å². The number of hydrogen-bond donors (Lipinski definition) is 0. The van der Waals surface area contributed by atoms with Crippen molar-refractivity contribution in [2.45, 2.75) is 45.9 Å². The summed E-state index contributed by atoms with van der Waals surface area (Å²) in [5.74, 6) is 0.691. The summed E-state index contributed by atoms with van der Waals surface area (Å²) in [5, 5.41) is 64.9. The van der Waals surface area contributed by atoms with E-state index in [0.717, 1.165) is 125 Å². The third kappa shape index (κ3) is 15.0. The van der Waals surface area contributed by atoms with Crippen LogP contribution in [0.5, 0.6) is 0 Å². The molecular weight excluding hydrogens is 1470 g/mol. The lowest BCUT2D eigenvalue weighted by Crippen LogP contribution is -2.43. The summed E-state index contributed by atoms with van der Waals surface area (Å²) in [5.41, 5.74) is 18.2. The van der Waals surface area contributed by atoms with Gasteiger partial charge < -0.3 is 9.15 Å². The van der Waals surface area contributed by atoms with Crippen LogP contribution in [-0.2, 0) is 38.0 Å². The molecule has 20 rings (SSSR count). The fraction of sp³-hybridized carbons (Fsp3) is 0.140. The van der Waals surface area contributed by atoms with E-state index in [0.29, 0.717) is 85.4 Å². The number of aryl methyl sites for hydroxylation is 1. The van der Waals surface area contributed by atoms with Crippen LogP contribution in [0.4, 0.5) is 0 Å². The number of nitrogens with zero attached hydrogens (tertiary/aromatic N) is 19. The molecule has 21 nitrogen and oxygen atoms in total. The zero-order valence-electron chi connectivity index (χ0n) is 60.0. The molecule has 1 saturated heterocycles. The van der Waals surface area contributed by atoms with Crippen molar-refractivity contribution in [2.75, 3.05) is 13.2 Å². The van der Waals surface area contributed by atoms with Gasteiger partial charge in [-0.15, -0.1) is 40.8 Å². The lowest BCUT2D eigenvalue weighted by molar-refractivity contribution is -0.111. The molecule has 546 valence electrons. The van der Waals surface area contributed by atoms with Crippen LogP contribution in [0, 0.1) is 11.3 Å². The summed E-state index contributed by atoms with van der Waals surface area (Å²) in [4.78, 5) is 4.18. The SMILES string of the molecule is CC1(Cn2nc(-c3ccccc3)c3c(Cl)c(-c4ccccc4)nnc32)COC1.Clc1c(-c2ccccc2)nnc2c1c(-c1ccccc1)nn2CC1CC1.Clc1c(-c2ccccc2)nnc2c1c(-c1ccccc1)nn2Cc1cocn1.Cn1cc(Cn2nc(-c3ccccc3)c3c(Cl)c(-c4ccccc4)nnc32)cn1. The third-order valence-electron chi connectivity index (χ3n) is 19.2. The van der Waals surface area contributed by atoms with Gasteiger partial charge in [-0.05, 0) is 18.8 Å². The molecule has 10 aromatic heterocycles. The van der Waals surface area contributed by atoms with E-state index in [1.165, 1.54) is 19.2 Å². The minimum atomic E-state index is 0.0547. The van der Waals surface area contributed by atoms with Crippen molar-refractivity contribution in [3.8, 4) is 90.1 Å². The van der Waals surface area contributed by atoms with Crippen molar-refractivity contribution in [1.82, 2.24) is 94.7 Å². The number of oxazole rings is 1. The Balaban J connectivity index is 0.000000108. The van der Waals surface area contributed by atoms with Crippen LogP contribution >= 0.6 is 46.4 Å². The number of benzene rings is 8. The summed E-state index contributed by atoms with van der Waals surface area (Å²) in [6.45, 7) is 6.17. The Morgan fingerprint density at radius 2 is 0.685 bits per heavy atom. The molecule has 0 bridgehead atoms. The molecular formula is C86H67Cl4N19O2. The molecule has 1 saturated carbocycles. The molecule has 1 aliphatic heterocycles. The van der Waals surface area contributed by atoms with E-state index in [2.05, 4.69) is 69.9 Å². The molecule has 0 amide bonds. The number of hydrogen-bond acceptors (Lipinski definition) is 16. The topological polar surface area (TPSA) is 227 Å². The average molecular weight is 1540 g/mol. The van der Waals surface area contributed by atoms with Crippen LogP contribution < -0.4 is 0 Å². The maximum absolute atomic E-state index is 6.88. The van der Waals surface area contributed by atoms with Crippen LogP contribution in [0.1, 0.15) is 31.0 Å². The molecule has 1 aliphatic carbocycles. The first-order chi connectivity index (χ1) is 54.5. The Labute approximate surface area is 656 Å². The number of aromatic nitrogens is 19. The Hall–Kier alpha value is -12.5. The maximum atomic E-state index is 6.88. The van der Waals surface area contributed by atoms with E-state index in [9.17, 15) is 0 Å². The minimum Gasteiger partial charge on any atom is -0.451 e. The number of rotatable bonds is 16. The molecule has 0 spiro atoms. The summed E-state index contributed by atoms with van der Waals surface area (Å²) in [7, 11) is 1.89. The summed E-state index contributed by atoms with van der Waals surface area (Å²) in [6.07, 6.45) is 9.27. The van der Waals surface area contributed by atoms with Crippen molar-refractivity contribution in [2.24, 2.45) is 18.4 Å². The first-order valence-electron chi connectivity index (χ1n) is 36.0. The quantitative estimate of drug-likeness (QED) is 0.0876. The second-order valence-electron chi connectivity index (χ2n) is 27.5. The monoisotopic (exact) mass is 1540 g/mol. The van der Waals surface area contributed by atoms with Gasteiger partial charge >= 0.3 is 0 Å². The molecule has 0 radical (unpaired) electrons. The molecule has 2 aliphatic rings. The van der Waals surface area contributed by atoms with Crippen LogP contribution in [0.25, 0.3) is 134 Å². The highest BCUT2D eigenvalue weighted by Crippen LogP contribution is 2.44. The van der Waals surface area contributed by atoms with Gasteiger partial charge in [-0.1, -0.05) is 296 Å².